The first kappa shape index (κ1) is 114. The number of amides is 4. The maximum atomic E-state index is 15.5. The number of hydrogen-bond acceptors (Lipinski definition) is 31. The van der Waals surface area contributed by atoms with Crippen LogP contribution in [0.3, 0.4) is 0 Å². The molecule has 4 heterocycles. The Balaban J connectivity index is 0.000000270. The number of likely N-dealkylation sites (tertiary alicyclic amines) is 2. The predicted octanol–water partition coefficient (Wildman–Crippen LogP) is 6.00. The largest absolute Gasteiger partial charge is 0.456 e. The Bertz CT molecular complexity index is 5460. The summed E-state index contributed by atoms with van der Waals surface area (Å²) in [6.45, 7) is 19.3. The second-order valence-electron chi connectivity index (χ2n) is 38.8. The van der Waals surface area contributed by atoms with E-state index >= 15 is 9.59 Å². The fraction of sp³-hybridized carbons (Fsp3) is 0.481. The standard InChI is InChI=1S/2C47H51NO14.2C5H9NO.C2H3N.3H2O/c2*1-25-31(60-43(56)36(52)35(28-16-10-7-11-17-28)48-41(54)29-18-12-8-13-19-29)23-47(57)40(61-42(55)30-20-14-9-15-21-30)38-45(6,32(51)22-33-46(38,24-58-33)62-27(3)50)39(53)37(59-26(2)49)34(25)44(47,4)5;2*1-6-4-2-3-5(6)7;1-2-3;;;/h2*7-21,31-33,35-38,40,51-52,57H,22-24H2,1-6H3,(H,48,54);2*2-4H2,1H3;1H3;3*1H2/t2*31-,32-,33+,35-,36+,37+,38?,40-,45+,46-,47+;;;;;;/m00....../s1. The number of rotatable bonds is 20. The highest BCUT2D eigenvalue weighted by molar-refractivity contribution is 5.99. The highest BCUT2D eigenvalue weighted by Gasteiger charge is 2.81. The first-order valence-corrected chi connectivity index (χ1v) is 46.8. The molecule has 6 aliphatic carbocycles. The predicted molar refractivity (Wildman–Crippen MR) is 511 cm³/mol. The normalized spacial score (nSPS) is 29.6. The van der Waals surface area contributed by atoms with Crippen molar-refractivity contribution in [3.63, 3.8) is 0 Å². The molecule has 6 aromatic carbocycles. The molecule has 14 N–H and O–H groups in total. The number of benzene rings is 6. The Morgan fingerprint density at radius 1 is 0.444 bits per heavy atom. The molecule has 38 nitrogen and oxygen atoms in total. The van der Waals surface area contributed by atoms with Crippen LogP contribution in [0.1, 0.15) is 206 Å². The maximum absolute atomic E-state index is 15.5. The zero-order valence-electron chi connectivity index (χ0n) is 82.9. The lowest BCUT2D eigenvalue weighted by atomic mass is 9.44. The SMILES string of the molecule is CC#N.CC(=O)O[C@H]1C(=O)[C@@]2(C)C([C@H](OC(=O)c3ccccc3)[C@]3(O)C[C@H](OC(=O)[C@H](O)[C@@H](NC(=O)c4ccccc4)c4ccccc4)C(C)=C1C3(C)C)[C@]1(OC(C)=O)CO[C@@H]1C[C@@H]2O.CC(=O)O[C@H]1C(=O)[C@@]2(C)C([C@H](OC(=O)c3ccccc3)[C@]3(O)C[C@H](OC(=O)[C@H](O)[C@@H](NC(=O)c4ccccc4)c4ccccc4)C(C)=C1C3(C)C)[C@]1(OC(C)=O)CO[C@@H]1C[C@@H]2O.CN1CCCC1=O.CN1CCCC1=O.O.O.O. The molecule has 2 unspecified atom stereocenters. The third kappa shape index (κ3) is 22.1. The molecule has 776 valence electrons. The van der Waals surface area contributed by atoms with E-state index in [2.05, 4.69) is 10.6 Å². The van der Waals surface area contributed by atoms with E-state index in [1.807, 2.05) is 14.1 Å². The minimum Gasteiger partial charge on any atom is -0.456 e. The fourth-order valence-corrected chi connectivity index (χ4v) is 21.9. The van der Waals surface area contributed by atoms with E-state index in [0.717, 1.165) is 66.5 Å². The van der Waals surface area contributed by atoms with Crippen LogP contribution in [0.25, 0.3) is 0 Å². The molecule has 4 bridgehead atoms. The van der Waals surface area contributed by atoms with Gasteiger partial charge in [0.1, 0.15) is 47.8 Å². The molecule has 4 saturated heterocycles. The van der Waals surface area contributed by atoms with Crippen molar-refractivity contribution in [2.45, 2.75) is 249 Å². The van der Waals surface area contributed by atoms with Crippen LogP contribution in [0.2, 0.25) is 0 Å². The molecule has 0 aromatic heterocycles. The molecule has 10 aliphatic rings. The number of carbonyl (C=O) groups excluding carboxylic acids is 14. The van der Waals surface area contributed by atoms with Gasteiger partial charge >= 0.3 is 47.8 Å². The number of nitrogens with one attached hydrogen (secondary N) is 2. The van der Waals surface area contributed by atoms with Crippen molar-refractivity contribution in [1.82, 2.24) is 20.4 Å². The van der Waals surface area contributed by atoms with E-state index in [9.17, 15) is 88.2 Å². The summed E-state index contributed by atoms with van der Waals surface area (Å²) in [4.78, 5) is 191. The highest BCUT2D eigenvalue weighted by atomic mass is 16.7. The van der Waals surface area contributed by atoms with E-state index in [1.165, 1.54) is 58.9 Å². The van der Waals surface area contributed by atoms with Gasteiger partial charge in [-0.25, -0.2) is 19.2 Å². The summed E-state index contributed by atoms with van der Waals surface area (Å²) in [5, 5.41) is 87.8. The summed E-state index contributed by atoms with van der Waals surface area (Å²) in [5.74, 6) is -13.1. The molecule has 22 atom stereocenters. The van der Waals surface area contributed by atoms with Gasteiger partial charge in [-0.15, -0.1) is 0 Å². The third-order valence-electron chi connectivity index (χ3n) is 29.6. The van der Waals surface area contributed by atoms with Crippen LogP contribution in [-0.4, -0.2) is 276 Å². The third-order valence-corrected chi connectivity index (χ3v) is 29.6. The van der Waals surface area contributed by atoms with Crippen molar-refractivity contribution < 1.29 is 162 Å². The number of nitriles is 1. The number of aliphatic hydroxyl groups is 6. The van der Waals surface area contributed by atoms with Gasteiger partial charge in [-0.2, -0.15) is 5.26 Å². The van der Waals surface area contributed by atoms with Gasteiger partial charge in [0.2, 0.25) is 11.8 Å². The molecule has 6 aromatic rings. The van der Waals surface area contributed by atoms with Gasteiger partial charge in [0.25, 0.3) is 11.8 Å². The van der Waals surface area contributed by atoms with Gasteiger partial charge < -0.3 is 115 Å². The molecule has 0 spiro atoms. The van der Waals surface area contributed by atoms with Crippen LogP contribution in [0.5, 0.6) is 0 Å². The van der Waals surface area contributed by atoms with Crippen molar-refractivity contribution in [2.75, 3.05) is 40.4 Å². The lowest BCUT2D eigenvalue weighted by Gasteiger charge is -2.67. The average molecular weight is 2000 g/mol. The number of hydrogen-bond donors (Lipinski definition) is 8. The number of aliphatic hydroxyl groups excluding tert-OH is 4. The quantitative estimate of drug-likeness (QED) is 0.0246. The summed E-state index contributed by atoms with van der Waals surface area (Å²) in [6, 6.07) is 47.6. The van der Waals surface area contributed by atoms with E-state index in [4.69, 9.17) is 52.6 Å². The average Bonchev–Trinajstić information content (AvgIpc) is 0.766. The molecular formula is C106H129N5O33. The maximum Gasteiger partial charge on any atom is 0.338 e. The Hall–Kier alpha value is -13.2. The molecule has 144 heavy (non-hydrogen) atoms. The lowest BCUT2D eigenvalue weighted by molar-refractivity contribution is -0.346. The van der Waals surface area contributed by atoms with Crippen LogP contribution < -0.4 is 10.6 Å². The smallest absolute Gasteiger partial charge is 0.338 e. The molecular weight excluding hydrogens is 1870 g/mol. The molecule has 8 fully saturated rings. The summed E-state index contributed by atoms with van der Waals surface area (Å²) >= 11 is 0. The van der Waals surface area contributed by atoms with Gasteiger partial charge in [0.15, 0.2) is 47.2 Å². The number of ketones is 2. The second kappa shape index (κ2) is 46.3. The Morgan fingerprint density at radius 2 is 0.729 bits per heavy atom. The number of nitrogens with zero attached hydrogens (tertiary/aromatic N) is 3. The second-order valence-corrected chi connectivity index (χ2v) is 38.8. The van der Waals surface area contributed by atoms with E-state index < -0.39 is 225 Å². The minimum absolute atomic E-state index is 0. The number of carbonyl (C=O) groups is 14. The fourth-order valence-electron chi connectivity index (χ4n) is 21.9. The van der Waals surface area contributed by atoms with Crippen LogP contribution in [0.4, 0.5) is 0 Å². The number of fused-ring (bicyclic) bond motifs is 10. The Labute approximate surface area is 832 Å². The molecule has 16 rings (SSSR count). The Morgan fingerprint density at radius 3 is 0.972 bits per heavy atom. The molecule has 0 radical (unpaired) electrons. The number of Topliss-reactive ketones (excluding diaryl/α,β-unsaturated/α-hetero) is 2. The first-order valence-electron chi connectivity index (χ1n) is 46.8. The van der Waals surface area contributed by atoms with Crippen molar-refractivity contribution in [2.24, 2.45) is 33.5 Å². The lowest BCUT2D eigenvalue weighted by Crippen LogP contribution is -2.82. The van der Waals surface area contributed by atoms with Crippen molar-refractivity contribution in [3.8, 4) is 6.07 Å². The minimum atomic E-state index is -2.39. The van der Waals surface area contributed by atoms with Gasteiger partial charge in [-0.3, -0.25) is 47.9 Å². The van der Waals surface area contributed by atoms with Gasteiger partial charge in [-0.1, -0.05) is 161 Å². The van der Waals surface area contributed by atoms with Crippen LogP contribution in [-0.2, 0) is 95.3 Å². The van der Waals surface area contributed by atoms with Crippen molar-refractivity contribution >= 4 is 82.9 Å². The van der Waals surface area contributed by atoms with E-state index in [1.54, 1.807) is 201 Å². The van der Waals surface area contributed by atoms with Crippen molar-refractivity contribution in [3.05, 3.63) is 238 Å². The van der Waals surface area contributed by atoms with Gasteiger partial charge in [0, 0.05) is 122 Å². The highest BCUT2D eigenvalue weighted by Crippen LogP contribution is 2.67. The monoisotopic (exact) mass is 2000 g/mol. The molecule has 38 heteroatoms. The van der Waals surface area contributed by atoms with Crippen LogP contribution in [0.15, 0.2) is 204 Å². The van der Waals surface area contributed by atoms with Gasteiger partial charge in [-0.05, 0) is 122 Å². The number of ether oxygens (including phenoxy) is 10. The zero-order valence-corrected chi connectivity index (χ0v) is 82.9. The summed E-state index contributed by atoms with van der Waals surface area (Å²) in [7, 11) is 3.69. The molecule has 4 amide bonds. The zero-order chi connectivity index (χ0) is 103. The van der Waals surface area contributed by atoms with Crippen molar-refractivity contribution in [1.29, 1.82) is 5.26 Å². The summed E-state index contributed by atoms with van der Waals surface area (Å²) < 4.78 is 60.5. The van der Waals surface area contributed by atoms with E-state index in [-0.39, 0.29) is 87.0 Å². The molecule has 4 saturated carbocycles. The van der Waals surface area contributed by atoms with Crippen LogP contribution in [0, 0.1) is 44.8 Å². The summed E-state index contributed by atoms with van der Waals surface area (Å²) in [5.41, 5.74) is -14.0. The van der Waals surface area contributed by atoms with Crippen LogP contribution >= 0.6 is 0 Å². The van der Waals surface area contributed by atoms with Gasteiger partial charge in [0.05, 0.1) is 77.4 Å². The topological polar surface area (TPSA) is 601 Å². The Kier molecular flexibility index (Phi) is 36.8. The number of esters is 8. The summed E-state index contributed by atoms with van der Waals surface area (Å²) in [6.07, 6.45) is -17.4. The van der Waals surface area contributed by atoms with E-state index in [0.29, 0.717) is 22.9 Å². The molecule has 4 aliphatic heterocycles. The first-order chi connectivity index (χ1) is 66.6.